The number of aryl methyl sites for hydroxylation is 2. The van der Waals surface area contributed by atoms with Gasteiger partial charge in [0.15, 0.2) is 11.4 Å². The number of Topliss-reactive ketones (excluding diaryl/α,β-unsaturated/α-hetero) is 1. The summed E-state index contributed by atoms with van der Waals surface area (Å²) in [6.45, 7) is 5.76. The first-order valence-corrected chi connectivity index (χ1v) is 8.57. The van der Waals surface area contributed by atoms with E-state index in [0.29, 0.717) is 5.69 Å². The maximum absolute atomic E-state index is 11.5. The van der Waals surface area contributed by atoms with E-state index in [0.717, 1.165) is 16.9 Å². The van der Waals surface area contributed by atoms with Crippen LogP contribution in [0, 0.1) is 13.8 Å². The minimum Gasteiger partial charge on any atom is -0.293 e. The third kappa shape index (κ3) is 2.90. The fraction of sp³-hybridized carbons (Fsp3) is 0.136. The maximum atomic E-state index is 11.5. The highest BCUT2D eigenvalue weighted by Crippen LogP contribution is 2.26. The van der Waals surface area contributed by atoms with Crippen LogP contribution in [0.1, 0.15) is 28.5 Å². The normalized spacial score (nSPS) is 11.0. The Balaban J connectivity index is 1.69. The van der Waals surface area contributed by atoms with Crippen LogP contribution >= 0.6 is 0 Å². The topological polar surface area (TPSA) is 47.3 Å². The average Bonchev–Trinajstić information content (AvgIpc) is 3.07. The molecule has 4 aromatic rings. The first-order chi connectivity index (χ1) is 12.5. The van der Waals surface area contributed by atoms with Crippen LogP contribution in [0.2, 0.25) is 0 Å². The van der Waals surface area contributed by atoms with Gasteiger partial charge in [-0.15, -0.1) is 0 Å². The standard InChI is InChI=1S/C22H19N3O/c1-14-4-5-19(12-15(14)2)17-6-8-18(9-7-17)21-13-25-22(23-21)11-10-20(24-25)16(3)26/h4-13H,1-3H3. The number of carbonyl (C=O) groups is 1. The molecule has 0 atom stereocenters. The summed E-state index contributed by atoms with van der Waals surface area (Å²) in [5, 5.41) is 4.31. The van der Waals surface area contributed by atoms with Gasteiger partial charge in [0, 0.05) is 12.5 Å². The Morgan fingerprint density at radius 3 is 2.23 bits per heavy atom. The van der Waals surface area contributed by atoms with Gasteiger partial charge in [-0.05, 0) is 48.2 Å². The van der Waals surface area contributed by atoms with Crippen molar-refractivity contribution in [1.82, 2.24) is 14.6 Å². The number of hydrogen-bond donors (Lipinski definition) is 0. The van der Waals surface area contributed by atoms with Gasteiger partial charge in [0.05, 0.1) is 11.9 Å². The van der Waals surface area contributed by atoms with Crippen LogP contribution in [0.5, 0.6) is 0 Å². The molecule has 4 rings (SSSR count). The van der Waals surface area contributed by atoms with E-state index in [9.17, 15) is 4.79 Å². The summed E-state index contributed by atoms with van der Waals surface area (Å²) in [6, 6.07) is 18.4. The van der Waals surface area contributed by atoms with E-state index in [2.05, 4.69) is 66.4 Å². The van der Waals surface area contributed by atoms with E-state index in [1.807, 2.05) is 12.3 Å². The van der Waals surface area contributed by atoms with E-state index >= 15 is 0 Å². The number of nitrogens with zero attached hydrogens (tertiary/aromatic N) is 3. The molecule has 0 aliphatic rings. The second kappa shape index (κ2) is 6.23. The largest absolute Gasteiger partial charge is 0.293 e. The van der Waals surface area contributed by atoms with E-state index in [-0.39, 0.29) is 5.78 Å². The summed E-state index contributed by atoms with van der Waals surface area (Å²) >= 11 is 0. The Hall–Kier alpha value is -3.27. The zero-order chi connectivity index (χ0) is 18.3. The van der Waals surface area contributed by atoms with Crippen molar-refractivity contribution in [2.75, 3.05) is 0 Å². The quantitative estimate of drug-likeness (QED) is 0.499. The van der Waals surface area contributed by atoms with Crippen LogP contribution in [0.15, 0.2) is 60.8 Å². The number of fused-ring (bicyclic) bond motifs is 1. The number of imidazole rings is 1. The fourth-order valence-corrected chi connectivity index (χ4v) is 2.96. The molecular weight excluding hydrogens is 322 g/mol. The highest BCUT2D eigenvalue weighted by Gasteiger charge is 2.08. The molecule has 4 heteroatoms. The van der Waals surface area contributed by atoms with Crippen molar-refractivity contribution >= 4 is 11.4 Å². The SMILES string of the molecule is CC(=O)c1ccc2nc(-c3ccc(-c4ccc(C)c(C)c4)cc3)cn2n1. The molecule has 0 saturated carbocycles. The van der Waals surface area contributed by atoms with Crippen LogP contribution in [0.25, 0.3) is 28.0 Å². The zero-order valence-corrected chi connectivity index (χ0v) is 15.0. The Morgan fingerprint density at radius 2 is 1.54 bits per heavy atom. The molecule has 128 valence electrons. The molecule has 2 aromatic heterocycles. The molecule has 0 radical (unpaired) electrons. The number of carbonyl (C=O) groups excluding carboxylic acids is 1. The predicted molar refractivity (Wildman–Crippen MR) is 103 cm³/mol. The van der Waals surface area contributed by atoms with Gasteiger partial charge in [-0.3, -0.25) is 4.79 Å². The van der Waals surface area contributed by atoms with Crippen LogP contribution < -0.4 is 0 Å². The predicted octanol–water partition coefficient (Wildman–Crippen LogP) is 4.88. The molecule has 0 N–H and O–H groups in total. The molecule has 0 amide bonds. The molecule has 26 heavy (non-hydrogen) atoms. The highest BCUT2D eigenvalue weighted by molar-refractivity contribution is 5.92. The number of ketones is 1. The van der Waals surface area contributed by atoms with Crippen molar-refractivity contribution in [1.29, 1.82) is 0 Å². The average molecular weight is 341 g/mol. The number of benzene rings is 2. The van der Waals surface area contributed by atoms with Gasteiger partial charge >= 0.3 is 0 Å². The number of aromatic nitrogens is 3. The molecule has 0 aliphatic carbocycles. The lowest BCUT2D eigenvalue weighted by Gasteiger charge is -2.06. The molecule has 0 bridgehead atoms. The summed E-state index contributed by atoms with van der Waals surface area (Å²) in [6.07, 6.45) is 1.85. The summed E-state index contributed by atoms with van der Waals surface area (Å²) in [5.74, 6) is -0.0557. The Morgan fingerprint density at radius 1 is 0.846 bits per heavy atom. The van der Waals surface area contributed by atoms with Crippen molar-refractivity contribution in [3.05, 3.63) is 77.6 Å². The van der Waals surface area contributed by atoms with E-state index in [1.54, 1.807) is 10.6 Å². The Bertz CT molecular complexity index is 1120. The lowest BCUT2D eigenvalue weighted by atomic mass is 9.99. The second-order valence-electron chi connectivity index (χ2n) is 6.58. The first-order valence-electron chi connectivity index (χ1n) is 8.57. The molecule has 0 fully saturated rings. The zero-order valence-electron chi connectivity index (χ0n) is 15.0. The lowest BCUT2D eigenvalue weighted by Crippen LogP contribution is -2.01. The van der Waals surface area contributed by atoms with Crippen LogP contribution in [0.3, 0.4) is 0 Å². The van der Waals surface area contributed by atoms with Gasteiger partial charge in [0.25, 0.3) is 0 Å². The molecule has 2 aromatic carbocycles. The maximum Gasteiger partial charge on any atom is 0.179 e. The van der Waals surface area contributed by atoms with E-state index in [1.165, 1.54) is 29.2 Å². The highest BCUT2D eigenvalue weighted by atomic mass is 16.1. The third-order valence-electron chi connectivity index (χ3n) is 4.70. The second-order valence-corrected chi connectivity index (χ2v) is 6.58. The van der Waals surface area contributed by atoms with Crippen molar-refractivity contribution < 1.29 is 4.79 Å². The monoisotopic (exact) mass is 341 g/mol. The molecular formula is C22H19N3O. The molecule has 4 nitrogen and oxygen atoms in total. The van der Waals surface area contributed by atoms with Gasteiger partial charge in [-0.1, -0.05) is 42.5 Å². The molecule has 0 spiro atoms. The van der Waals surface area contributed by atoms with E-state index < -0.39 is 0 Å². The fourth-order valence-electron chi connectivity index (χ4n) is 2.96. The van der Waals surface area contributed by atoms with Crippen LogP contribution in [-0.4, -0.2) is 20.4 Å². The lowest BCUT2D eigenvalue weighted by molar-refractivity contribution is 0.101. The summed E-state index contributed by atoms with van der Waals surface area (Å²) in [5.41, 5.74) is 8.00. The van der Waals surface area contributed by atoms with Gasteiger partial charge in [-0.25, -0.2) is 9.50 Å². The van der Waals surface area contributed by atoms with Crippen molar-refractivity contribution in [3.63, 3.8) is 0 Å². The molecule has 0 unspecified atom stereocenters. The minimum absolute atomic E-state index is 0.0557. The molecule has 0 aliphatic heterocycles. The van der Waals surface area contributed by atoms with Gasteiger partial charge in [-0.2, -0.15) is 5.10 Å². The summed E-state index contributed by atoms with van der Waals surface area (Å²) < 4.78 is 1.66. The van der Waals surface area contributed by atoms with Gasteiger partial charge in [0.1, 0.15) is 5.69 Å². The number of hydrogen-bond acceptors (Lipinski definition) is 3. The first kappa shape index (κ1) is 16.2. The molecule has 0 saturated heterocycles. The van der Waals surface area contributed by atoms with Gasteiger partial charge < -0.3 is 0 Å². The van der Waals surface area contributed by atoms with Crippen molar-refractivity contribution in [2.24, 2.45) is 0 Å². The van der Waals surface area contributed by atoms with Crippen molar-refractivity contribution in [3.8, 4) is 22.4 Å². The Labute approximate surface area is 152 Å². The number of rotatable bonds is 3. The van der Waals surface area contributed by atoms with Crippen LogP contribution in [0.4, 0.5) is 0 Å². The molecule has 2 heterocycles. The van der Waals surface area contributed by atoms with E-state index in [4.69, 9.17) is 0 Å². The summed E-state index contributed by atoms with van der Waals surface area (Å²) in [4.78, 5) is 16.1. The Kier molecular flexibility index (Phi) is 3.88. The smallest absolute Gasteiger partial charge is 0.179 e. The minimum atomic E-state index is -0.0557. The van der Waals surface area contributed by atoms with Crippen LogP contribution in [-0.2, 0) is 0 Å². The summed E-state index contributed by atoms with van der Waals surface area (Å²) in [7, 11) is 0. The van der Waals surface area contributed by atoms with Gasteiger partial charge in [0.2, 0.25) is 0 Å². The van der Waals surface area contributed by atoms with Crippen molar-refractivity contribution in [2.45, 2.75) is 20.8 Å². The third-order valence-corrected chi connectivity index (χ3v) is 4.70.